The minimum absolute atomic E-state index is 0.428. The molecule has 4 heteroatoms. The molecule has 1 atom stereocenters. The van der Waals surface area contributed by atoms with E-state index in [0.717, 1.165) is 6.54 Å². The Hall–Kier alpha value is -1.65. The number of rotatable bonds is 2. The van der Waals surface area contributed by atoms with Gasteiger partial charge in [-0.15, -0.1) is 11.3 Å². The summed E-state index contributed by atoms with van der Waals surface area (Å²) in [5.41, 5.74) is 3.67. The summed E-state index contributed by atoms with van der Waals surface area (Å²) in [7, 11) is 0. The van der Waals surface area contributed by atoms with Crippen molar-refractivity contribution in [1.29, 1.82) is 0 Å². The number of thiophene rings is 1. The van der Waals surface area contributed by atoms with Crippen LogP contribution in [0.4, 0.5) is 0 Å². The molecule has 0 aromatic carbocycles. The fraction of sp³-hybridized carbons (Fsp3) is 0.267. The number of imidazole rings is 1. The van der Waals surface area contributed by atoms with Crippen LogP contribution in [0.25, 0.3) is 16.0 Å². The van der Waals surface area contributed by atoms with Crippen LogP contribution in [0.15, 0.2) is 42.2 Å². The zero-order chi connectivity index (χ0) is 12.7. The Bertz CT molecular complexity index is 693. The highest BCUT2D eigenvalue weighted by Gasteiger charge is 2.20. The Morgan fingerprint density at radius 1 is 1.32 bits per heavy atom. The van der Waals surface area contributed by atoms with E-state index in [1.165, 1.54) is 34.5 Å². The third kappa shape index (κ3) is 1.88. The highest BCUT2D eigenvalue weighted by molar-refractivity contribution is 7.13. The number of fused-ring (bicyclic) bond motifs is 1. The zero-order valence-electron chi connectivity index (χ0n) is 10.5. The normalized spacial score (nSPS) is 19.3. The summed E-state index contributed by atoms with van der Waals surface area (Å²) in [4.78, 5) is 5.91. The van der Waals surface area contributed by atoms with Gasteiger partial charge >= 0.3 is 0 Å². The first kappa shape index (κ1) is 11.2. The number of aromatic nitrogens is 2. The molecule has 1 N–H and O–H groups in total. The van der Waals surface area contributed by atoms with Crippen molar-refractivity contribution in [2.24, 2.45) is 0 Å². The van der Waals surface area contributed by atoms with Crippen molar-refractivity contribution in [3.63, 3.8) is 0 Å². The molecule has 19 heavy (non-hydrogen) atoms. The third-order valence-electron chi connectivity index (χ3n) is 3.76. The summed E-state index contributed by atoms with van der Waals surface area (Å²) >= 11 is 1.77. The molecule has 0 radical (unpaired) electrons. The Morgan fingerprint density at radius 3 is 3.11 bits per heavy atom. The molecule has 0 saturated carbocycles. The van der Waals surface area contributed by atoms with Gasteiger partial charge in [0.05, 0.1) is 23.6 Å². The van der Waals surface area contributed by atoms with Crippen molar-refractivity contribution in [1.82, 2.24) is 14.7 Å². The summed E-state index contributed by atoms with van der Waals surface area (Å²) < 4.78 is 2.14. The number of nitrogens with one attached hydrogen (secondary N) is 1. The lowest BCUT2D eigenvalue weighted by molar-refractivity contribution is 0.636. The van der Waals surface area contributed by atoms with Crippen LogP contribution >= 0.6 is 11.3 Å². The summed E-state index contributed by atoms with van der Waals surface area (Å²) in [6.45, 7) is 1.11. The zero-order valence-corrected chi connectivity index (χ0v) is 11.4. The van der Waals surface area contributed by atoms with Crippen molar-refractivity contribution in [3.05, 3.63) is 47.9 Å². The van der Waals surface area contributed by atoms with E-state index >= 15 is 0 Å². The number of pyridine rings is 1. The maximum Gasteiger partial charge on any atom is 0.0996 e. The molecule has 1 fully saturated rings. The van der Waals surface area contributed by atoms with E-state index in [1.54, 1.807) is 11.3 Å². The topological polar surface area (TPSA) is 29.3 Å². The molecule has 4 rings (SSSR count). The van der Waals surface area contributed by atoms with Crippen LogP contribution < -0.4 is 5.32 Å². The van der Waals surface area contributed by atoms with Crippen LogP contribution in [0.2, 0.25) is 0 Å². The highest BCUT2D eigenvalue weighted by Crippen LogP contribution is 2.29. The van der Waals surface area contributed by atoms with Gasteiger partial charge in [0.2, 0.25) is 0 Å². The quantitative estimate of drug-likeness (QED) is 0.771. The molecular weight excluding hydrogens is 254 g/mol. The van der Waals surface area contributed by atoms with E-state index in [9.17, 15) is 0 Å². The Morgan fingerprint density at radius 2 is 2.32 bits per heavy atom. The fourth-order valence-corrected chi connectivity index (χ4v) is 3.51. The molecule has 0 aliphatic carbocycles. The van der Waals surface area contributed by atoms with Crippen molar-refractivity contribution >= 4 is 16.9 Å². The maximum absolute atomic E-state index is 4.60. The van der Waals surface area contributed by atoms with Gasteiger partial charge in [-0.2, -0.15) is 0 Å². The van der Waals surface area contributed by atoms with E-state index in [2.05, 4.69) is 50.5 Å². The van der Waals surface area contributed by atoms with Gasteiger partial charge in [0.15, 0.2) is 0 Å². The van der Waals surface area contributed by atoms with E-state index in [-0.39, 0.29) is 0 Å². The van der Waals surface area contributed by atoms with Crippen LogP contribution in [-0.2, 0) is 0 Å². The van der Waals surface area contributed by atoms with Crippen molar-refractivity contribution in [2.45, 2.75) is 18.9 Å². The maximum atomic E-state index is 4.60. The smallest absolute Gasteiger partial charge is 0.0996 e. The van der Waals surface area contributed by atoms with E-state index in [0.29, 0.717) is 6.04 Å². The number of nitrogens with zero attached hydrogens (tertiary/aromatic N) is 2. The molecule has 0 unspecified atom stereocenters. The van der Waals surface area contributed by atoms with Gasteiger partial charge in [-0.1, -0.05) is 6.07 Å². The van der Waals surface area contributed by atoms with Gasteiger partial charge in [-0.3, -0.25) is 0 Å². The summed E-state index contributed by atoms with van der Waals surface area (Å²) in [6.07, 6.45) is 6.55. The van der Waals surface area contributed by atoms with Crippen LogP contribution in [0.3, 0.4) is 0 Å². The average molecular weight is 269 g/mol. The lowest BCUT2D eigenvalue weighted by Crippen LogP contribution is -2.13. The molecule has 4 heterocycles. The molecule has 1 aliphatic rings. The first-order valence-corrected chi connectivity index (χ1v) is 7.54. The highest BCUT2D eigenvalue weighted by atomic mass is 32.1. The second-order valence-corrected chi connectivity index (χ2v) is 5.91. The minimum Gasteiger partial charge on any atom is -0.309 e. The predicted molar refractivity (Wildman–Crippen MR) is 78.5 cm³/mol. The number of hydrogen-bond acceptors (Lipinski definition) is 3. The van der Waals surface area contributed by atoms with Crippen LogP contribution in [-0.4, -0.2) is 15.9 Å². The molecule has 3 aromatic heterocycles. The molecular formula is C15H15N3S. The molecule has 3 aromatic rings. The van der Waals surface area contributed by atoms with Crippen molar-refractivity contribution in [2.75, 3.05) is 6.54 Å². The van der Waals surface area contributed by atoms with Gasteiger partial charge in [0, 0.05) is 16.6 Å². The molecule has 1 aliphatic heterocycles. The molecule has 0 spiro atoms. The molecule has 0 amide bonds. The Kier molecular flexibility index (Phi) is 2.64. The van der Waals surface area contributed by atoms with Gasteiger partial charge in [-0.25, -0.2) is 4.98 Å². The molecule has 1 saturated heterocycles. The molecule has 0 bridgehead atoms. The fourth-order valence-electron chi connectivity index (χ4n) is 2.80. The second-order valence-electron chi connectivity index (χ2n) is 4.97. The van der Waals surface area contributed by atoms with Crippen LogP contribution in [0, 0.1) is 0 Å². The summed E-state index contributed by atoms with van der Waals surface area (Å²) in [5, 5.41) is 5.63. The van der Waals surface area contributed by atoms with Gasteiger partial charge in [-0.05, 0) is 43.0 Å². The van der Waals surface area contributed by atoms with Gasteiger partial charge < -0.3 is 9.72 Å². The van der Waals surface area contributed by atoms with Crippen molar-refractivity contribution in [3.8, 4) is 10.4 Å². The lowest BCUT2D eigenvalue weighted by Gasteiger charge is -2.07. The Balaban J connectivity index is 1.79. The monoisotopic (exact) mass is 269 g/mol. The van der Waals surface area contributed by atoms with Gasteiger partial charge in [0.25, 0.3) is 0 Å². The second kappa shape index (κ2) is 4.47. The van der Waals surface area contributed by atoms with E-state index < -0.39 is 0 Å². The minimum atomic E-state index is 0.428. The summed E-state index contributed by atoms with van der Waals surface area (Å²) in [5.74, 6) is 0. The Labute approximate surface area is 115 Å². The number of hydrogen-bond donors (Lipinski definition) is 1. The van der Waals surface area contributed by atoms with Crippen LogP contribution in [0.1, 0.15) is 24.6 Å². The standard InChI is InChI=1S/C15H15N3S/c1-3-12(16-7-1)15-13-6-5-11(9-18(13)10-17-15)14-4-2-8-19-14/h2,4-6,8-10,12,16H,1,3,7H2/t12-/m1/s1. The molecule has 96 valence electrons. The SMILES string of the molecule is c1csc(-c2ccc3c([C@H]4CCCN4)ncn3c2)c1. The first-order valence-electron chi connectivity index (χ1n) is 6.66. The molecule has 3 nitrogen and oxygen atoms in total. The summed E-state index contributed by atoms with van der Waals surface area (Å²) in [6, 6.07) is 9.06. The van der Waals surface area contributed by atoms with E-state index in [1.807, 2.05) is 6.33 Å². The first-order chi connectivity index (χ1) is 9.42. The predicted octanol–water partition coefficient (Wildman–Crippen LogP) is 3.49. The van der Waals surface area contributed by atoms with Crippen molar-refractivity contribution < 1.29 is 0 Å². The van der Waals surface area contributed by atoms with Crippen LogP contribution in [0.5, 0.6) is 0 Å². The van der Waals surface area contributed by atoms with Gasteiger partial charge in [0.1, 0.15) is 0 Å². The average Bonchev–Trinajstić information content (AvgIpc) is 3.18. The lowest BCUT2D eigenvalue weighted by atomic mass is 10.1. The largest absolute Gasteiger partial charge is 0.309 e. The third-order valence-corrected chi connectivity index (χ3v) is 4.68. The van der Waals surface area contributed by atoms with E-state index in [4.69, 9.17) is 0 Å².